The predicted octanol–water partition coefficient (Wildman–Crippen LogP) is 2.80. The summed E-state index contributed by atoms with van der Waals surface area (Å²) in [5, 5.41) is 0. The minimum Gasteiger partial charge on any atom is -0.399 e. The van der Waals surface area contributed by atoms with E-state index >= 15 is 0 Å². The normalized spacial score (nSPS) is 14.8. The van der Waals surface area contributed by atoms with Gasteiger partial charge in [0.25, 0.3) is 5.91 Å². The van der Waals surface area contributed by atoms with Gasteiger partial charge in [-0.25, -0.2) is 0 Å². The molecule has 0 spiro atoms. The number of likely N-dealkylation sites (tertiary alicyclic amines) is 1. The fourth-order valence-corrected chi connectivity index (χ4v) is 2.95. The maximum absolute atomic E-state index is 12.5. The monoisotopic (exact) mass is 353 g/mol. The third kappa shape index (κ3) is 5.13. The Balaban J connectivity index is 0.00000288. The van der Waals surface area contributed by atoms with E-state index in [1.165, 1.54) is 0 Å². The van der Waals surface area contributed by atoms with E-state index in [0.29, 0.717) is 24.3 Å². The van der Waals surface area contributed by atoms with E-state index in [0.717, 1.165) is 32.2 Å². The minimum atomic E-state index is 0. The van der Waals surface area contributed by atoms with Gasteiger partial charge < -0.3 is 15.5 Å². The Morgan fingerprint density at radius 2 is 1.79 bits per heavy atom. The number of carbonyl (C=O) groups excluding carboxylic acids is 2. The van der Waals surface area contributed by atoms with E-state index in [-0.39, 0.29) is 30.1 Å². The number of anilines is 1. The van der Waals surface area contributed by atoms with Crippen molar-refractivity contribution in [1.82, 2.24) is 9.80 Å². The van der Waals surface area contributed by atoms with Gasteiger partial charge in [0.1, 0.15) is 0 Å². The van der Waals surface area contributed by atoms with Crippen LogP contribution in [-0.4, -0.2) is 48.3 Å². The highest BCUT2D eigenvalue weighted by Gasteiger charge is 2.29. The van der Waals surface area contributed by atoms with Crippen LogP contribution < -0.4 is 5.73 Å². The molecular formula is C18H28ClN3O2. The molecule has 2 rings (SSSR count). The second-order valence-electron chi connectivity index (χ2n) is 6.30. The van der Waals surface area contributed by atoms with Crippen molar-refractivity contribution >= 4 is 29.9 Å². The molecule has 1 saturated heterocycles. The highest BCUT2D eigenvalue weighted by molar-refractivity contribution is 5.94. The van der Waals surface area contributed by atoms with Gasteiger partial charge in [0.2, 0.25) is 5.91 Å². The van der Waals surface area contributed by atoms with Crippen molar-refractivity contribution < 1.29 is 9.59 Å². The van der Waals surface area contributed by atoms with Gasteiger partial charge in [-0.1, -0.05) is 13.3 Å². The zero-order valence-corrected chi connectivity index (χ0v) is 15.3. The SMILES string of the molecule is CCCCN(C)C(=O)C1CCN(C(=O)c2ccc(N)cc2)CC1.Cl. The molecule has 1 fully saturated rings. The van der Waals surface area contributed by atoms with Crippen molar-refractivity contribution in [3.63, 3.8) is 0 Å². The maximum Gasteiger partial charge on any atom is 0.253 e. The molecule has 0 bridgehead atoms. The Kier molecular flexibility index (Phi) is 8.05. The lowest BCUT2D eigenvalue weighted by atomic mass is 9.94. The third-order valence-corrected chi connectivity index (χ3v) is 4.51. The molecule has 0 radical (unpaired) electrons. The predicted molar refractivity (Wildman–Crippen MR) is 99.3 cm³/mol. The van der Waals surface area contributed by atoms with Crippen LogP contribution in [0.3, 0.4) is 0 Å². The van der Waals surface area contributed by atoms with Crippen LogP contribution in [0.4, 0.5) is 5.69 Å². The number of amides is 2. The molecule has 1 aromatic carbocycles. The molecule has 1 aliphatic rings. The molecular weight excluding hydrogens is 326 g/mol. The lowest BCUT2D eigenvalue weighted by Gasteiger charge is -2.33. The highest BCUT2D eigenvalue weighted by Crippen LogP contribution is 2.21. The van der Waals surface area contributed by atoms with Crippen LogP contribution in [0.15, 0.2) is 24.3 Å². The maximum atomic E-state index is 12.5. The Morgan fingerprint density at radius 1 is 1.21 bits per heavy atom. The molecule has 5 nitrogen and oxygen atoms in total. The Labute approximate surface area is 150 Å². The molecule has 1 aliphatic heterocycles. The number of piperidine rings is 1. The number of benzene rings is 1. The summed E-state index contributed by atoms with van der Waals surface area (Å²) in [6, 6.07) is 7.00. The molecule has 1 heterocycles. The Hall–Kier alpha value is -1.75. The Bertz CT molecular complexity index is 540. The second kappa shape index (κ2) is 9.52. The van der Waals surface area contributed by atoms with Gasteiger partial charge in [0.15, 0.2) is 0 Å². The first-order valence-corrected chi connectivity index (χ1v) is 8.42. The highest BCUT2D eigenvalue weighted by atomic mass is 35.5. The summed E-state index contributed by atoms with van der Waals surface area (Å²) in [5.41, 5.74) is 6.96. The van der Waals surface area contributed by atoms with Gasteiger partial charge in [0.05, 0.1) is 0 Å². The van der Waals surface area contributed by atoms with E-state index in [4.69, 9.17) is 5.73 Å². The topological polar surface area (TPSA) is 66.6 Å². The van der Waals surface area contributed by atoms with Gasteiger partial charge in [-0.2, -0.15) is 0 Å². The second-order valence-corrected chi connectivity index (χ2v) is 6.30. The average molecular weight is 354 g/mol. The van der Waals surface area contributed by atoms with Crippen molar-refractivity contribution in [3.05, 3.63) is 29.8 Å². The zero-order valence-electron chi connectivity index (χ0n) is 14.5. The summed E-state index contributed by atoms with van der Waals surface area (Å²) in [6.07, 6.45) is 3.62. The quantitative estimate of drug-likeness (QED) is 0.828. The molecule has 1 aromatic rings. The number of rotatable bonds is 5. The third-order valence-electron chi connectivity index (χ3n) is 4.51. The smallest absolute Gasteiger partial charge is 0.253 e. The average Bonchev–Trinajstić information content (AvgIpc) is 2.59. The molecule has 134 valence electrons. The molecule has 24 heavy (non-hydrogen) atoms. The summed E-state index contributed by atoms with van der Waals surface area (Å²) in [6.45, 7) is 4.22. The summed E-state index contributed by atoms with van der Waals surface area (Å²) in [7, 11) is 1.88. The summed E-state index contributed by atoms with van der Waals surface area (Å²) in [5.74, 6) is 0.292. The molecule has 0 saturated carbocycles. The van der Waals surface area contributed by atoms with Gasteiger partial charge in [-0.05, 0) is 43.5 Å². The summed E-state index contributed by atoms with van der Waals surface area (Å²) >= 11 is 0. The van der Waals surface area contributed by atoms with Crippen molar-refractivity contribution in [2.75, 3.05) is 32.4 Å². The molecule has 0 aromatic heterocycles. The molecule has 0 aliphatic carbocycles. The number of hydrogen-bond acceptors (Lipinski definition) is 3. The van der Waals surface area contributed by atoms with Crippen LogP contribution in [0.5, 0.6) is 0 Å². The molecule has 6 heteroatoms. The number of nitrogen functional groups attached to an aromatic ring is 1. The van der Waals surface area contributed by atoms with Crippen molar-refractivity contribution in [1.29, 1.82) is 0 Å². The fraction of sp³-hybridized carbons (Fsp3) is 0.556. The van der Waals surface area contributed by atoms with Crippen LogP contribution in [-0.2, 0) is 4.79 Å². The fourth-order valence-electron chi connectivity index (χ4n) is 2.95. The summed E-state index contributed by atoms with van der Waals surface area (Å²) < 4.78 is 0. The number of hydrogen-bond donors (Lipinski definition) is 1. The van der Waals surface area contributed by atoms with E-state index in [1.54, 1.807) is 24.3 Å². The standard InChI is InChI=1S/C18H27N3O2.ClH/c1-3-4-11-20(2)17(22)15-9-12-21(13-10-15)18(23)14-5-7-16(19)8-6-14;/h5-8,15H,3-4,9-13,19H2,1-2H3;1H. The summed E-state index contributed by atoms with van der Waals surface area (Å²) in [4.78, 5) is 28.5. The molecule has 2 N–H and O–H groups in total. The zero-order chi connectivity index (χ0) is 16.8. The largest absolute Gasteiger partial charge is 0.399 e. The number of nitrogens with zero attached hydrogens (tertiary/aromatic N) is 2. The van der Waals surface area contributed by atoms with E-state index in [2.05, 4.69) is 6.92 Å². The Morgan fingerprint density at radius 3 is 2.33 bits per heavy atom. The van der Waals surface area contributed by atoms with Gasteiger partial charge in [-0.3, -0.25) is 9.59 Å². The van der Waals surface area contributed by atoms with Crippen LogP contribution in [0.2, 0.25) is 0 Å². The van der Waals surface area contributed by atoms with Crippen molar-refractivity contribution in [2.45, 2.75) is 32.6 Å². The van der Waals surface area contributed by atoms with E-state index < -0.39 is 0 Å². The van der Waals surface area contributed by atoms with Gasteiger partial charge in [-0.15, -0.1) is 12.4 Å². The van der Waals surface area contributed by atoms with Crippen LogP contribution in [0.25, 0.3) is 0 Å². The number of nitrogens with two attached hydrogens (primary N) is 1. The number of halogens is 1. The van der Waals surface area contributed by atoms with E-state index in [1.807, 2.05) is 16.8 Å². The van der Waals surface area contributed by atoms with Gasteiger partial charge >= 0.3 is 0 Å². The van der Waals surface area contributed by atoms with Crippen molar-refractivity contribution in [3.8, 4) is 0 Å². The first-order chi connectivity index (χ1) is 11.0. The number of unbranched alkanes of at least 4 members (excludes halogenated alkanes) is 1. The minimum absolute atomic E-state index is 0. The molecule has 0 atom stereocenters. The van der Waals surface area contributed by atoms with Crippen LogP contribution >= 0.6 is 12.4 Å². The lowest BCUT2D eigenvalue weighted by Crippen LogP contribution is -2.43. The van der Waals surface area contributed by atoms with E-state index in [9.17, 15) is 9.59 Å². The molecule has 0 unspecified atom stereocenters. The van der Waals surface area contributed by atoms with Gasteiger partial charge in [0, 0.05) is 43.9 Å². The van der Waals surface area contributed by atoms with Crippen LogP contribution in [0.1, 0.15) is 43.0 Å². The number of carbonyl (C=O) groups is 2. The lowest BCUT2D eigenvalue weighted by molar-refractivity contribution is -0.135. The first-order valence-electron chi connectivity index (χ1n) is 8.42. The molecule has 2 amide bonds. The van der Waals surface area contributed by atoms with Crippen molar-refractivity contribution in [2.24, 2.45) is 5.92 Å². The first kappa shape index (κ1) is 20.3. The van der Waals surface area contributed by atoms with Crippen LogP contribution in [0, 0.1) is 5.92 Å².